The summed E-state index contributed by atoms with van der Waals surface area (Å²) in [7, 11) is -4.11. The zero-order valence-corrected chi connectivity index (χ0v) is 30.2. The van der Waals surface area contributed by atoms with E-state index in [9.17, 15) is 18.5 Å². The molecule has 0 bridgehead atoms. The van der Waals surface area contributed by atoms with Crippen molar-refractivity contribution < 1.29 is 27.4 Å². The zero-order chi connectivity index (χ0) is 36.5. The molecule has 3 aromatic carbocycles. The molecule has 2 aliphatic heterocycles. The van der Waals surface area contributed by atoms with Crippen LogP contribution in [0.2, 0.25) is 0 Å². The van der Waals surface area contributed by atoms with Crippen LogP contribution in [-0.4, -0.2) is 84.4 Å². The minimum atomic E-state index is -4.11. The molecule has 52 heavy (non-hydrogen) atoms. The first-order chi connectivity index (χ1) is 25.0. The Kier molecular flexibility index (Phi) is 9.61. The zero-order valence-electron chi connectivity index (χ0n) is 29.4. The van der Waals surface area contributed by atoms with Gasteiger partial charge in [0.05, 0.1) is 35.1 Å². The van der Waals surface area contributed by atoms with E-state index in [4.69, 9.17) is 14.2 Å². The van der Waals surface area contributed by atoms with Crippen molar-refractivity contribution in [3.8, 4) is 34.3 Å². The number of carbonyl (C=O) groups is 1. The Morgan fingerprint density at radius 1 is 0.904 bits per heavy atom. The van der Waals surface area contributed by atoms with E-state index >= 15 is 0 Å². The lowest BCUT2D eigenvalue weighted by atomic mass is 10.0. The minimum Gasteiger partial charge on any atom is -0.489 e. The fourth-order valence-electron chi connectivity index (χ4n) is 6.52. The van der Waals surface area contributed by atoms with Crippen molar-refractivity contribution in [3.05, 3.63) is 90.8 Å². The molecule has 0 saturated carbocycles. The highest BCUT2D eigenvalue weighted by atomic mass is 32.2. The summed E-state index contributed by atoms with van der Waals surface area (Å²) in [6.07, 6.45) is 2.48. The summed E-state index contributed by atoms with van der Waals surface area (Å²) in [5.41, 5.74) is 3.17. The topological polar surface area (TPSA) is 140 Å². The summed E-state index contributed by atoms with van der Waals surface area (Å²) in [4.78, 5) is 25.7. The molecule has 13 heteroatoms. The summed E-state index contributed by atoms with van der Waals surface area (Å²) in [6, 6.07) is 25.3. The summed E-state index contributed by atoms with van der Waals surface area (Å²) in [6.45, 7) is 9.10. The van der Waals surface area contributed by atoms with E-state index in [1.807, 2.05) is 51.1 Å². The van der Waals surface area contributed by atoms with Gasteiger partial charge in [0, 0.05) is 55.7 Å². The van der Waals surface area contributed by atoms with Gasteiger partial charge in [0.15, 0.2) is 5.65 Å². The molecule has 2 aromatic heterocycles. The molecule has 0 radical (unpaired) electrons. The van der Waals surface area contributed by atoms with Crippen LogP contribution in [0.3, 0.4) is 0 Å². The third kappa shape index (κ3) is 7.17. The molecule has 0 spiro atoms. The standard InChI is InChI=1S/C39H40N6O6S/c1-39(2,3)51-38(46)44-19-17-43(18-20-44)30-12-9-27(10-13-30)34-24-33-36(28-11-14-35(29(23-28)25-40)50-31-15-21-49-22-16-31)41-26-42-37(33)45(34)52(47,48)32-7-5-4-6-8-32/h4-14,23-24,26,31H,15-22H2,1-3H3. The summed E-state index contributed by atoms with van der Waals surface area (Å²) < 4.78 is 47.1. The minimum absolute atomic E-state index is 0.0366. The molecular formula is C39H40N6O6S. The lowest BCUT2D eigenvalue weighted by molar-refractivity contribution is 0.0239. The maximum atomic E-state index is 14.4. The Hall–Kier alpha value is -5.45. The number of nitrogens with zero attached hydrogens (tertiary/aromatic N) is 6. The van der Waals surface area contributed by atoms with Gasteiger partial charge in [-0.05, 0) is 74.9 Å². The third-order valence-electron chi connectivity index (χ3n) is 9.13. The van der Waals surface area contributed by atoms with Crippen LogP contribution in [0, 0.1) is 11.3 Å². The second-order valence-corrected chi connectivity index (χ2v) is 15.6. The molecule has 4 heterocycles. The number of benzene rings is 3. The highest BCUT2D eigenvalue weighted by Crippen LogP contribution is 2.37. The summed E-state index contributed by atoms with van der Waals surface area (Å²) >= 11 is 0. The van der Waals surface area contributed by atoms with Gasteiger partial charge in [-0.3, -0.25) is 0 Å². The Labute approximate surface area is 303 Å². The van der Waals surface area contributed by atoms with Crippen LogP contribution in [0.15, 0.2) is 90.1 Å². The Balaban J connectivity index is 1.24. The molecule has 0 aliphatic carbocycles. The van der Waals surface area contributed by atoms with Crippen molar-refractivity contribution in [2.45, 2.75) is 50.2 Å². The van der Waals surface area contributed by atoms with Crippen molar-refractivity contribution >= 4 is 32.8 Å². The predicted molar refractivity (Wildman–Crippen MR) is 197 cm³/mol. The Morgan fingerprint density at radius 3 is 2.27 bits per heavy atom. The second kappa shape index (κ2) is 14.3. The first-order valence-electron chi connectivity index (χ1n) is 17.3. The van der Waals surface area contributed by atoms with E-state index in [1.54, 1.807) is 53.4 Å². The Morgan fingerprint density at radius 2 is 1.60 bits per heavy atom. The lowest BCUT2D eigenvalue weighted by Crippen LogP contribution is -2.50. The van der Waals surface area contributed by atoms with E-state index in [0.717, 1.165) is 18.5 Å². The quantitative estimate of drug-likeness (QED) is 0.183. The number of aromatic nitrogens is 3. The van der Waals surface area contributed by atoms with Gasteiger partial charge in [0.2, 0.25) is 0 Å². The predicted octanol–water partition coefficient (Wildman–Crippen LogP) is 6.49. The normalized spacial score (nSPS) is 15.7. The highest BCUT2D eigenvalue weighted by Gasteiger charge is 2.29. The third-order valence-corrected chi connectivity index (χ3v) is 10.8. The summed E-state index contributed by atoms with van der Waals surface area (Å²) in [5.74, 6) is 0.486. The molecule has 1 amide bonds. The maximum Gasteiger partial charge on any atom is 0.410 e. The van der Waals surface area contributed by atoms with E-state index in [0.29, 0.717) is 78.6 Å². The van der Waals surface area contributed by atoms with Gasteiger partial charge in [-0.2, -0.15) is 5.26 Å². The van der Waals surface area contributed by atoms with Gasteiger partial charge < -0.3 is 24.0 Å². The first-order valence-corrected chi connectivity index (χ1v) is 18.8. The molecule has 2 aliphatic rings. The largest absolute Gasteiger partial charge is 0.489 e. The number of amides is 1. The molecule has 268 valence electrons. The van der Waals surface area contributed by atoms with Gasteiger partial charge in [-0.15, -0.1) is 0 Å². The molecule has 0 atom stereocenters. The van der Waals surface area contributed by atoms with E-state index in [2.05, 4.69) is 20.9 Å². The molecular weight excluding hydrogens is 681 g/mol. The van der Waals surface area contributed by atoms with Crippen LogP contribution < -0.4 is 9.64 Å². The molecule has 0 unspecified atom stereocenters. The molecule has 2 fully saturated rings. The van der Waals surface area contributed by atoms with Crippen LogP contribution >= 0.6 is 0 Å². The monoisotopic (exact) mass is 720 g/mol. The van der Waals surface area contributed by atoms with Gasteiger partial charge >= 0.3 is 6.09 Å². The van der Waals surface area contributed by atoms with Crippen LogP contribution in [0.5, 0.6) is 5.75 Å². The lowest BCUT2D eigenvalue weighted by Gasteiger charge is -2.36. The van der Waals surface area contributed by atoms with Crippen LogP contribution in [0.4, 0.5) is 10.5 Å². The maximum absolute atomic E-state index is 14.4. The Bertz CT molecular complexity index is 2230. The average Bonchev–Trinajstić information content (AvgIpc) is 3.56. The molecule has 2 saturated heterocycles. The van der Waals surface area contributed by atoms with Crippen molar-refractivity contribution in [2.75, 3.05) is 44.3 Å². The average molecular weight is 721 g/mol. The van der Waals surface area contributed by atoms with Crippen molar-refractivity contribution in [3.63, 3.8) is 0 Å². The number of nitriles is 1. The summed E-state index contributed by atoms with van der Waals surface area (Å²) in [5, 5.41) is 10.6. The van der Waals surface area contributed by atoms with Gasteiger partial charge in [-0.25, -0.2) is 27.2 Å². The molecule has 12 nitrogen and oxygen atoms in total. The van der Waals surface area contributed by atoms with Gasteiger partial charge in [-0.1, -0.05) is 30.3 Å². The van der Waals surface area contributed by atoms with Crippen LogP contribution in [0.1, 0.15) is 39.2 Å². The van der Waals surface area contributed by atoms with Gasteiger partial charge in [0.1, 0.15) is 29.9 Å². The van der Waals surface area contributed by atoms with E-state index in [1.165, 1.54) is 10.3 Å². The van der Waals surface area contributed by atoms with Crippen molar-refractivity contribution in [1.29, 1.82) is 5.26 Å². The van der Waals surface area contributed by atoms with E-state index < -0.39 is 15.6 Å². The van der Waals surface area contributed by atoms with Crippen LogP contribution in [-0.2, 0) is 19.5 Å². The SMILES string of the molecule is CC(C)(C)OC(=O)N1CCN(c2ccc(-c3cc4c(-c5ccc(OC6CCOCC6)c(C#N)c5)ncnc4n3S(=O)(=O)c3ccccc3)cc2)CC1. The fourth-order valence-corrected chi connectivity index (χ4v) is 8.02. The fraction of sp³-hybridized carbons (Fsp3) is 0.333. The second-order valence-electron chi connectivity index (χ2n) is 13.8. The first kappa shape index (κ1) is 35.0. The van der Waals surface area contributed by atoms with E-state index in [-0.39, 0.29) is 22.7 Å². The number of anilines is 1. The molecule has 7 rings (SSSR count). The van der Waals surface area contributed by atoms with Crippen molar-refractivity contribution in [1.82, 2.24) is 18.8 Å². The number of hydrogen-bond donors (Lipinski definition) is 0. The molecule has 5 aromatic rings. The van der Waals surface area contributed by atoms with Gasteiger partial charge in [0.25, 0.3) is 10.0 Å². The number of fused-ring (bicyclic) bond motifs is 1. The smallest absolute Gasteiger partial charge is 0.410 e. The highest BCUT2D eigenvalue weighted by molar-refractivity contribution is 7.90. The number of ether oxygens (including phenoxy) is 3. The van der Waals surface area contributed by atoms with Crippen molar-refractivity contribution in [2.24, 2.45) is 0 Å². The number of carbonyl (C=O) groups excluding carboxylic acids is 1. The number of piperazine rings is 1. The number of hydrogen-bond acceptors (Lipinski definition) is 10. The molecule has 0 N–H and O–H groups in total. The number of rotatable bonds is 7. The van der Waals surface area contributed by atoms with Crippen LogP contribution in [0.25, 0.3) is 33.5 Å².